The van der Waals surface area contributed by atoms with Crippen molar-refractivity contribution in [3.63, 3.8) is 0 Å². The van der Waals surface area contributed by atoms with Gasteiger partial charge in [0.25, 0.3) is 0 Å². The van der Waals surface area contributed by atoms with Crippen LogP contribution in [0.4, 0.5) is 0 Å². The van der Waals surface area contributed by atoms with E-state index in [1.165, 1.54) is 58.7 Å². The first-order valence-electron chi connectivity index (χ1n) is 10.4. The Bertz CT molecular complexity index is 407. The molecule has 1 N–H and O–H groups in total. The van der Waals surface area contributed by atoms with E-state index in [2.05, 4.69) is 52.7 Å². The van der Waals surface area contributed by atoms with Gasteiger partial charge in [-0.2, -0.15) is 0 Å². The van der Waals surface area contributed by atoms with E-state index in [0.717, 1.165) is 30.9 Å². The second-order valence-corrected chi connectivity index (χ2v) is 8.50. The topological polar surface area (TPSA) is 34.1 Å². The normalized spacial score (nSPS) is 24.0. The van der Waals surface area contributed by atoms with Gasteiger partial charge in [0.2, 0.25) is 0 Å². The lowest BCUT2D eigenvalue weighted by Gasteiger charge is -2.35. The fourth-order valence-corrected chi connectivity index (χ4v) is 4.28. The summed E-state index contributed by atoms with van der Waals surface area (Å²) in [6.07, 6.45) is 2.66. The third-order valence-electron chi connectivity index (χ3n) is 5.69. The number of nitrogens with one attached hydrogen (secondary N) is 1. The highest BCUT2D eigenvalue weighted by molar-refractivity contribution is 14.0. The number of halogens is 1. The second-order valence-electron chi connectivity index (χ2n) is 8.50. The third-order valence-corrected chi connectivity index (χ3v) is 5.69. The van der Waals surface area contributed by atoms with Crippen molar-refractivity contribution in [2.24, 2.45) is 22.7 Å². The van der Waals surface area contributed by atoms with Crippen molar-refractivity contribution in [2.45, 2.75) is 40.5 Å². The monoisotopic (exact) mass is 479 g/mol. The maximum atomic E-state index is 4.53. The molecule has 0 aromatic heterocycles. The smallest absolute Gasteiger partial charge is 0.193 e. The van der Waals surface area contributed by atoms with Gasteiger partial charge in [0.1, 0.15) is 0 Å². The molecule has 6 heteroatoms. The molecule has 0 radical (unpaired) electrons. The van der Waals surface area contributed by atoms with Gasteiger partial charge in [0, 0.05) is 59.4 Å². The third kappa shape index (κ3) is 7.89. The number of rotatable bonds is 7. The van der Waals surface area contributed by atoms with Crippen molar-refractivity contribution in [2.75, 3.05) is 66.0 Å². The Balaban J connectivity index is 0.00000338. The van der Waals surface area contributed by atoms with Crippen molar-refractivity contribution in [3.8, 4) is 0 Å². The van der Waals surface area contributed by atoms with Crippen molar-refractivity contribution in [1.82, 2.24) is 20.0 Å². The van der Waals surface area contributed by atoms with Crippen LogP contribution < -0.4 is 5.32 Å². The average Bonchev–Trinajstić information content (AvgIpc) is 3.03. The van der Waals surface area contributed by atoms with E-state index in [1.807, 2.05) is 7.05 Å². The summed E-state index contributed by atoms with van der Waals surface area (Å²) in [4.78, 5) is 12.2. The predicted molar refractivity (Wildman–Crippen MR) is 124 cm³/mol. The fraction of sp³-hybridized carbons (Fsp3) is 0.950. The van der Waals surface area contributed by atoms with Crippen LogP contribution in [0.25, 0.3) is 0 Å². The van der Waals surface area contributed by atoms with Crippen LogP contribution in [0.3, 0.4) is 0 Å². The van der Waals surface area contributed by atoms with Gasteiger partial charge in [-0.3, -0.25) is 4.99 Å². The van der Waals surface area contributed by atoms with Gasteiger partial charge < -0.3 is 20.0 Å². The van der Waals surface area contributed by atoms with Gasteiger partial charge in [-0.1, -0.05) is 27.7 Å². The summed E-state index contributed by atoms with van der Waals surface area (Å²) < 4.78 is 0. The molecule has 0 amide bonds. The Kier molecular flexibility index (Phi) is 11.4. The van der Waals surface area contributed by atoms with Crippen molar-refractivity contribution >= 4 is 29.9 Å². The van der Waals surface area contributed by atoms with Crippen molar-refractivity contribution in [1.29, 1.82) is 0 Å². The van der Waals surface area contributed by atoms with Gasteiger partial charge in [-0.25, -0.2) is 0 Å². The summed E-state index contributed by atoms with van der Waals surface area (Å²) in [5.74, 6) is 3.40. The van der Waals surface area contributed by atoms with Crippen LogP contribution in [0.15, 0.2) is 4.99 Å². The van der Waals surface area contributed by atoms with Gasteiger partial charge >= 0.3 is 0 Å². The number of nitrogens with zero attached hydrogens (tertiary/aromatic N) is 4. The molecule has 0 aromatic carbocycles. The standard InChI is InChI=1S/C20H41N5.HI/c1-6-23-9-11-24(12-10-23)15-18(4)14-22-20(21-5)25-8-7-19(16-25)13-17(2)3;/h17-19H,6-16H2,1-5H3,(H,21,22);1H. The molecule has 0 aromatic rings. The maximum absolute atomic E-state index is 4.53. The Morgan fingerprint density at radius 3 is 2.31 bits per heavy atom. The molecule has 0 aliphatic carbocycles. The summed E-state index contributed by atoms with van der Waals surface area (Å²) in [6, 6.07) is 0. The molecule has 2 saturated heterocycles. The number of hydrogen-bond acceptors (Lipinski definition) is 3. The zero-order valence-corrected chi connectivity index (χ0v) is 20.0. The highest BCUT2D eigenvalue weighted by Gasteiger charge is 2.25. The van der Waals surface area contributed by atoms with Crippen LogP contribution in [0.2, 0.25) is 0 Å². The molecule has 2 aliphatic heterocycles. The fourth-order valence-electron chi connectivity index (χ4n) is 4.28. The molecular formula is C20H42IN5. The predicted octanol–water partition coefficient (Wildman–Crippen LogP) is 2.82. The molecule has 0 bridgehead atoms. The second kappa shape index (κ2) is 12.4. The zero-order valence-electron chi connectivity index (χ0n) is 17.7. The Morgan fingerprint density at radius 1 is 1.08 bits per heavy atom. The van der Waals surface area contributed by atoms with E-state index >= 15 is 0 Å². The minimum Gasteiger partial charge on any atom is -0.356 e. The molecule has 2 unspecified atom stereocenters. The Morgan fingerprint density at radius 2 is 1.73 bits per heavy atom. The lowest BCUT2D eigenvalue weighted by atomic mass is 9.97. The number of guanidine groups is 1. The molecule has 0 saturated carbocycles. The van der Waals surface area contributed by atoms with Crippen molar-refractivity contribution in [3.05, 3.63) is 0 Å². The first kappa shape index (κ1) is 24.0. The summed E-state index contributed by atoms with van der Waals surface area (Å²) >= 11 is 0. The number of aliphatic imine (C=N–C) groups is 1. The first-order chi connectivity index (χ1) is 12.0. The molecule has 5 nitrogen and oxygen atoms in total. The molecule has 0 spiro atoms. The SMILES string of the molecule is CCN1CCN(CC(C)CNC(=NC)N2CCC(CC(C)C)C2)CC1.I. The minimum atomic E-state index is 0. The quantitative estimate of drug-likeness (QED) is 0.346. The molecule has 2 aliphatic rings. The van der Waals surface area contributed by atoms with Crippen LogP contribution in [-0.2, 0) is 0 Å². The number of piperazine rings is 1. The minimum absolute atomic E-state index is 0. The van der Waals surface area contributed by atoms with Crippen LogP contribution in [0.1, 0.15) is 40.5 Å². The van der Waals surface area contributed by atoms with Crippen LogP contribution >= 0.6 is 24.0 Å². The molecule has 2 fully saturated rings. The van der Waals surface area contributed by atoms with Crippen LogP contribution in [-0.4, -0.2) is 86.6 Å². The number of hydrogen-bond donors (Lipinski definition) is 1. The summed E-state index contributed by atoms with van der Waals surface area (Å²) in [5, 5.41) is 3.63. The van der Waals surface area contributed by atoms with E-state index in [4.69, 9.17) is 0 Å². The average molecular weight is 479 g/mol. The van der Waals surface area contributed by atoms with Gasteiger partial charge in [0.05, 0.1) is 0 Å². The van der Waals surface area contributed by atoms with E-state index in [0.29, 0.717) is 5.92 Å². The van der Waals surface area contributed by atoms with E-state index in [1.54, 1.807) is 0 Å². The Labute approximate surface area is 179 Å². The molecule has 2 heterocycles. The molecule has 154 valence electrons. The molecule has 26 heavy (non-hydrogen) atoms. The van der Waals surface area contributed by atoms with E-state index in [-0.39, 0.29) is 24.0 Å². The van der Waals surface area contributed by atoms with Gasteiger partial charge in [0.15, 0.2) is 5.96 Å². The lowest BCUT2D eigenvalue weighted by Crippen LogP contribution is -2.49. The molecule has 2 rings (SSSR count). The summed E-state index contributed by atoms with van der Waals surface area (Å²) in [7, 11) is 1.92. The zero-order chi connectivity index (χ0) is 18.2. The maximum Gasteiger partial charge on any atom is 0.193 e. The Hall–Kier alpha value is -0.0800. The number of likely N-dealkylation sites (N-methyl/N-ethyl adjacent to an activating group) is 1. The highest BCUT2D eigenvalue weighted by atomic mass is 127. The van der Waals surface area contributed by atoms with Gasteiger partial charge in [-0.15, -0.1) is 24.0 Å². The number of likely N-dealkylation sites (tertiary alicyclic amines) is 1. The highest BCUT2D eigenvalue weighted by Crippen LogP contribution is 2.23. The van der Waals surface area contributed by atoms with Gasteiger partial charge in [-0.05, 0) is 37.1 Å². The first-order valence-corrected chi connectivity index (χ1v) is 10.4. The lowest BCUT2D eigenvalue weighted by molar-refractivity contribution is 0.124. The largest absolute Gasteiger partial charge is 0.356 e. The molecular weight excluding hydrogens is 437 g/mol. The van der Waals surface area contributed by atoms with E-state index < -0.39 is 0 Å². The van der Waals surface area contributed by atoms with E-state index in [9.17, 15) is 0 Å². The summed E-state index contributed by atoms with van der Waals surface area (Å²) in [6.45, 7) is 19.9. The summed E-state index contributed by atoms with van der Waals surface area (Å²) in [5.41, 5.74) is 0. The van der Waals surface area contributed by atoms with Crippen molar-refractivity contribution < 1.29 is 0 Å². The van der Waals surface area contributed by atoms with Crippen LogP contribution in [0, 0.1) is 17.8 Å². The van der Waals surface area contributed by atoms with Crippen LogP contribution in [0.5, 0.6) is 0 Å². The molecule has 2 atom stereocenters.